The SMILES string of the molecule is Cc1cc(-c2cccc(Br)c2)nc(CCl)n1. The van der Waals surface area contributed by atoms with Gasteiger partial charge in [-0.2, -0.15) is 0 Å². The Balaban J connectivity index is 2.51. The maximum atomic E-state index is 5.76. The molecule has 1 heterocycles. The van der Waals surface area contributed by atoms with Crippen LogP contribution in [0.2, 0.25) is 0 Å². The van der Waals surface area contributed by atoms with E-state index in [1.165, 1.54) is 0 Å². The van der Waals surface area contributed by atoms with Crippen molar-refractivity contribution in [3.63, 3.8) is 0 Å². The Labute approximate surface area is 108 Å². The summed E-state index contributed by atoms with van der Waals surface area (Å²) in [6.45, 7) is 1.94. The van der Waals surface area contributed by atoms with Crippen molar-refractivity contribution in [1.29, 1.82) is 0 Å². The van der Waals surface area contributed by atoms with E-state index in [2.05, 4.69) is 25.9 Å². The molecule has 2 rings (SSSR count). The van der Waals surface area contributed by atoms with Crippen LogP contribution in [0.25, 0.3) is 11.3 Å². The van der Waals surface area contributed by atoms with Gasteiger partial charge in [0.25, 0.3) is 0 Å². The van der Waals surface area contributed by atoms with Crippen LogP contribution in [0.1, 0.15) is 11.5 Å². The molecule has 0 saturated carbocycles. The molecule has 0 unspecified atom stereocenters. The molecule has 0 atom stereocenters. The van der Waals surface area contributed by atoms with Gasteiger partial charge in [0, 0.05) is 15.7 Å². The lowest BCUT2D eigenvalue weighted by Gasteiger charge is -2.04. The summed E-state index contributed by atoms with van der Waals surface area (Å²) in [5, 5.41) is 0. The van der Waals surface area contributed by atoms with Gasteiger partial charge < -0.3 is 0 Å². The molecule has 0 amide bonds. The molecule has 0 N–H and O–H groups in total. The van der Waals surface area contributed by atoms with Gasteiger partial charge in [0.05, 0.1) is 11.6 Å². The van der Waals surface area contributed by atoms with Crippen LogP contribution in [0.15, 0.2) is 34.8 Å². The molecule has 82 valence electrons. The van der Waals surface area contributed by atoms with Crippen LogP contribution in [-0.2, 0) is 5.88 Å². The van der Waals surface area contributed by atoms with E-state index in [-0.39, 0.29) is 0 Å². The molecule has 0 fully saturated rings. The van der Waals surface area contributed by atoms with Gasteiger partial charge in [-0.15, -0.1) is 11.6 Å². The Kier molecular flexibility index (Phi) is 3.56. The lowest BCUT2D eigenvalue weighted by molar-refractivity contribution is 0.997. The first-order valence-corrected chi connectivity index (χ1v) is 6.18. The molecule has 1 aromatic carbocycles. The number of alkyl halides is 1. The minimum absolute atomic E-state index is 0.336. The summed E-state index contributed by atoms with van der Waals surface area (Å²) in [5.74, 6) is 1.000. The van der Waals surface area contributed by atoms with Crippen molar-refractivity contribution in [2.24, 2.45) is 0 Å². The second-order valence-electron chi connectivity index (χ2n) is 3.45. The highest BCUT2D eigenvalue weighted by atomic mass is 79.9. The van der Waals surface area contributed by atoms with E-state index >= 15 is 0 Å². The highest BCUT2D eigenvalue weighted by Gasteiger charge is 2.04. The number of benzene rings is 1. The second-order valence-corrected chi connectivity index (χ2v) is 4.64. The van der Waals surface area contributed by atoms with E-state index in [0.717, 1.165) is 21.4 Å². The van der Waals surface area contributed by atoms with Gasteiger partial charge in [0.2, 0.25) is 0 Å². The number of rotatable bonds is 2. The number of aryl methyl sites for hydroxylation is 1. The number of nitrogens with zero attached hydrogens (tertiary/aromatic N) is 2. The summed E-state index contributed by atoms with van der Waals surface area (Å²) in [4.78, 5) is 8.65. The van der Waals surface area contributed by atoms with Crippen LogP contribution >= 0.6 is 27.5 Å². The van der Waals surface area contributed by atoms with Crippen molar-refractivity contribution in [1.82, 2.24) is 9.97 Å². The molecule has 0 bridgehead atoms. The normalized spacial score (nSPS) is 10.4. The third-order valence-corrected chi connectivity index (χ3v) is 2.87. The van der Waals surface area contributed by atoms with Gasteiger partial charge in [0.1, 0.15) is 5.82 Å². The van der Waals surface area contributed by atoms with E-state index in [1.54, 1.807) is 0 Å². The summed E-state index contributed by atoms with van der Waals surface area (Å²) in [6.07, 6.45) is 0. The topological polar surface area (TPSA) is 25.8 Å². The zero-order chi connectivity index (χ0) is 11.5. The Bertz CT molecular complexity index is 514. The van der Waals surface area contributed by atoms with Crippen LogP contribution in [-0.4, -0.2) is 9.97 Å². The number of aromatic nitrogens is 2. The molecule has 0 radical (unpaired) electrons. The predicted molar refractivity (Wildman–Crippen MR) is 69.5 cm³/mol. The zero-order valence-electron chi connectivity index (χ0n) is 8.74. The lowest BCUT2D eigenvalue weighted by atomic mass is 10.1. The predicted octanol–water partition coefficient (Wildman–Crippen LogP) is 3.95. The maximum Gasteiger partial charge on any atom is 0.143 e. The standard InChI is InChI=1S/C12H10BrClN2/c1-8-5-11(16-12(7-14)15-8)9-3-2-4-10(13)6-9/h2-6H,7H2,1H3. The maximum absolute atomic E-state index is 5.76. The third-order valence-electron chi connectivity index (χ3n) is 2.14. The minimum atomic E-state index is 0.336. The Morgan fingerprint density at radius 3 is 2.75 bits per heavy atom. The van der Waals surface area contributed by atoms with Crippen LogP contribution in [0.4, 0.5) is 0 Å². The summed E-state index contributed by atoms with van der Waals surface area (Å²) in [5.41, 5.74) is 2.90. The molecule has 2 nitrogen and oxygen atoms in total. The molecular weight excluding hydrogens is 288 g/mol. The monoisotopic (exact) mass is 296 g/mol. The number of hydrogen-bond donors (Lipinski definition) is 0. The molecule has 1 aromatic heterocycles. The van der Waals surface area contributed by atoms with Crippen molar-refractivity contribution in [2.45, 2.75) is 12.8 Å². The van der Waals surface area contributed by atoms with Gasteiger partial charge in [-0.3, -0.25) is 0 Å². The highest BCUT2D eigenvalue weighted by Crippen LogP contribution is 2.22. The summed E-state index contributed by atoms with van der Waals surface area (Å²) < 4.78 is 1.04. The quantitative estimate of drug-likeness (QED) is 0.784. The van der Waals surface area contributed by atoms with Crippen molar-refractivity contribution in [3.8, 4) is 11.3 Å². The van der Waals surface area contributed by atoms with Crippen molar-refractivity contribution >= 4 is 27.5 Å². The van der Waals surface area contributed by atoms with Crippen LogP contribution in [0.5, 0.6) is 0 Å². The first kappa shape index (κ1) is 11.6. The molecule has 16 heavy (non-hydrogen) atoms. The molecule has 0 spiro atoms. The van der Waals surface area contributed by atoms with Crippen LogP contribution < -0.4 is 0 Å². The van der Waals surface area contributed by atoms with Crippen molar-refractivity contribution < 1.29 is 0 Å². The molecular formula is C12H10BrClN2. The smallest absolute Gasteiger partial charge is 0.143 e. The van der Waals surface area contributed by atoms with Crippen molar-refractivity contribution in [3.05, 3.63) is 46.3 Å². The van der Waals surface area contributed by atoms with Gasteiger partial charge >= 0.3 is 0 Å². The molecule has 2 aromatic rings. The first-order chi connectivity index (χ1) is 7.69. The van der Waals surface area contributed by atoms with E-state index in [9.17, 15) is 0 Å². The zero-order valence-corrected chi connectivity index (χ0v) is 11.1. The van der Waals surface area contributed by atoms with Gasteiger partial charge in [-0.05, 0) is 25.1 Å². The molecule has 0 aliphatic heterocycles. The van der Waals surface area contributed by atoms with E-state index in [4.69, 9.17) is 11.6 Å². The fourth-order valence-electron chi connectivity index (χ4n) is 1.49. The molecule has 0 saturated heterocycles. The number of halogens is 2. The van der Waals surface area contributed by atoms with E-state index < -0.39 is 0 Å². The second kappa shape index (κ2) is 4.93. The Morgan fingerprint density at radius 1 is 1.25 bits per heavy atom. The third kappa shape index (κ3) is 2.60. The highest BCUT2D eigenvalue weighted by molar-refractivity contribution is 9.10. The van der Waals surface area contributed by atoms with E-state index in [1.807, 2.05) is 37.3 Å². The average molecular weight is 298 g/mol. The van der Waals surface area contributed by atoms with Gasteiger partial charge in [-0.1, -0.05) is 28.1 Å². The Morgan fingerprint density at radius 2 is 2.06 bits per heavy atom. The summed E-state index contributed by atoms with van der Waals surface area (Å²) in [7, 11) is 0. The van der Waals surface area contributed by atoms with Crippen LogP contribution in [0, 0.1) is 6.92 Å². The minimum Gasteiger partial charge on any atom is -0.237 e. The fraction of sp³-hybridized carbons (Fsp3) is 0.167. The average Bonchev–Trinajstić information content (AvgIpc) is 2.28. The summed E-state index contributed by atoms with van der Waals surface area (Å²) in [6, 6.07) is 9.97. The van der Waals surface area contributed by atoms with Gasteiger partial charge in [0.15, 0.2) is 0 Å². The van der Waals surface area contributed by atoms with Crippen molar-refractivity contribution in [2.75, 3.05) is 0 Å². The van der Waals surface area contributed by atoms with Crippen LogP contribution in [0.3, 0.4) is 0 Å². The first-order valence-electron chi connectivity index (χ1n) is 4.85. The lowest BCUT2D eigenvalue weighted by Crippen LogP contribution is -1.96. The largest absolute Gasteiger partial charge is 0.237 e. The fourth-order valence-corrected chi connectivity index (χ4v) is 2.00. The molecule has 0 aliphatic rings. The van der Waals surface area contributed by atoms with E-state index in [0.29, 0.717) is 11.7 Å². The molecule has 4 heteroatoms. The number of hydrogen-bond acceptors (Lipinski definition) is 2. The molecule has 0 aliphatic carbocycles. The summed E-state index contributed by atoms with van der Waals surface area (Å²) >= 11 is 9.20. The van der Waals surface area contributed by atoms with Gasteiger partial charge in [-0.25, -0.2) is 9.97 Å². The Hall–Kier alpha value is -0.930.